The van der Waals surface area contributed by atoms with Gasteiger partial charge < -0.3 is 0 Å². The average molecular weight is 393 g/mol. The Hall–Kier alpha value is -3.52. The predicted molar refractivity (Wildman–Crippen MR) is 131 cm³/mol. The van der Waals surface area contributed by atoms with Gasteiger partial charge in [0.05, 0.1) is 0 Å². The second-order valence-electron chi connectivity index (χ2n) is 7.13. The number of amidine groups is 1. The number of rotatable bonds is 5. The predicted octanol–water partition coefficient (Wildman–Crippen LogP) is 7.24. The maximum Gasteiger partial charge on any atom is 0.154 e. The minimum Gasteiger partial charge on any atom is -0.270 e. The average Bonchev–Trinajstić information content (AvgIpc) is 2.81. The SMILES string of the molecule is C/C=C(\C=C(/C)C(C)=NC(=NC)c1cccc(-c2ccccc2)c1)c1ccccc1. The Labute approximate surface area is 180 Å². The van der Waals surface area contributed by atoms with Crippen LogP contribution < -0.4 is 0 Å². The third-order valence-corrected chi connectivity index (χ3v) is 5.07. The van der Waals surface area contributed by atoms with E-state index in [0.717, 1.165) is 28.2 Å². The standard InChI is InChI=1S/C28H28N2/c1-5-23(24-13-8-6-9-14-24)19-21(2)22(3)30-28(29-4)27-18-12-17-26(20-27)25-15-10-7-11-16-25/h5-20H,1-4H3/b21-19+,23-5+,29-28?,30-22?. The molecule has 0 atom stereocenters. The van der Waals surface area contributed by atoms with Gasteiger partial charge in [-0.05, 0) is 60.8 Å². The lowest BCUT2D eigenvalue weighted by atomic mass is 10.0. The first-order valence-electron chi connectivity index (χ1n) is 10.2. The lowest BCUT2D eigenvalue weighted by Crippen LogP contribution is -2.04. The summed E-state index contributed by atoms with van der Waals surface area (Å²) in [5.41, 5.74) is 7.82. The molecule has 0 aliphatic carbocycles. The van der Waals surface area contributed by atoms with Crippen LogP contribution in [0.2, 0.25) is 0 Å². The van der Waals surface area contributed by atoms with E-state index in [1.54, 1.807) is 7.05 Å². The van der Waals surface area contributed by atoms with Crippen molar-refractivity contribution in [1.82, 2.24) is 0 Å². The van der Waals surface area contributed by atoms with Crippen molar-refractivity contribution >= 4 is 17.1 Å². The number of nitrogens with zero attached hydrogens (tertiary/aromatic N) is 2. The van der Waals surface area contributed by atoms with Crippen LogP contribution in [-0.4, -0.2) is 18.6 Å². The fourth-order valence-corrected chi connectivity index (χ4v) is 3.26. The van der Waals surface area contributed by atoms with Crippen LogP contribution in [0.15, 0.2) is 113 Å². The molecule has 0 aliphatic rings. The molecule has 3 aromatic rings. The Bertz CT molecular complexity index is 1100. The van der Waals surface area contributed by atoms with E-state index >= 15 is 0 Å². The normalized spacial score (nSPS) is 13.5. The molecule has 0 heterocycles. The number of hydrogen-bond donors (Lipinski definition) is 0. The Kier molecular flexibility index (Phi) is 7.29. The van der Waals surface area contributed by atoms with E-state index in [4.69, 9.17) is 4.99 Å². The monoisotopic (exact) mass is 392 g/mol. The van der Waals surface area contributed by atoms with Gasteiger partial charge in [-0.2, -0.15) is 0 Å². The smallest absolute Gasteiger partial charge is 0.154 e. The fourth-order valence-electron chi connectivity index (χ4n) is 3.26. The molecule has 0 amide bonds. The van der Waals surface area contributed by atoms with Crippen molar-refractivity contribution in [2.45, 2.75) is 20.8 Å². The van der Waals surface area contributed by atoms with Crippen LogP contribution >= 0.6 is 0 Å². The minimum absolute atomic E-state index is 0.736. The zero-order valence-corrected chi connectivity index (χ0v) is 18.1. The molecule has 0 aromatic heterocycles. The number of allylic oxidation sites excluding steroid dienone is 4. The zero-order chi connectivity index (χ0) is 21.3. The van der Waals surface area contributed by atoms with E-state index in [1.807, 2.05) is 19.1 Å². The van der Waals surface area contributed by atoms with Crippen molar-refractivity contribution < 1.29 is 0 Å². The number of benzene rings is 3. The van der Waals surface area contributed by atoms with Gasteiger partial charge >= 0.3 is 0 Å². The molecule has 150 valence electrons. The number of hydrogen-bond acceptors (Lipinski definition) is 1. The van der Waals surface area contributed by atoms with Gasteiger partial charge in [0.25, 0.3) is 0 Å². The van der Waals surface area contributed by atoms with Gasteiger partial charge in [0.15, 0.2) is 5.84 Å². The largest absolute Gasteiger partial charge is 0.270 e. The van der Waals surface area contributed by atoms with Gasteiger partial charge in [-0.25, -0.2) is 4.99 Å². The van der Waals surface area contributed by atoms with E-state index in [-0.39, 0.29) is 0 Å². The molecule has 3 rings (SSSR count). The molecular weight excluding hydrogens is 364 g/mol. The van der Waals surface area contributed by atoms with Crippen molar-refractivity contribution in [3.05, 3.63) is 114 Å². The lowest BCUT2D eigenvalue weighted by molar-refractivity contribution is 1.37. The molecule has 0 fully saturated rings. The summed E-state index contributed by atoms with van der Waals surface area (Å²) < 4.78 is 0. The molecule has 0 bridgehead atoms. The van der Waals surface area contributed by atoms with Crippen molar-refractivity contribution in [1.29, 1.82) is 0 Å². The van der Waals surface area contributed by atoms with Gasteiger partial charge in [0, 0.05) is 18.3 Å². The lowest BCUT2D eigenvalue weighted by Gasteiger charge is -2.08. The Morgan fingerprint density at radius 1 is 0.733 bits per heavy atom. The topological polar surface area (TPSA) is 24.7 Å². The highest BCUT2D eigenvalue weighted by molar-refractivity contribution is 6.12. The van der Waals surface area contributed by atoms with Crippen LogP contribution in [0.25, 0.3) is 16.7 Å². The van der Waals surface area contributed by atoms with Crippen molar-refractivity contribution in [2.75, 3.05) is 7.05 Å². The molecule has 0 aliphatic heterocycles. The summed E-state index contributed by atoms with van der Waals surface area (Å²) in [6, 6.07) is 29.2. The van der Waals surface area contributed by atoms with E-state index < -0.39 is 0 Å². The van der Waals surface area contributed by atoms with E-state index in [9.17, 15) is 0 Å². The first kappa shape index (κ1) is 21.2. The van der Waals surface area contributed by atoms with Crippen molar-refractivity contribution in [3.63, 3.8) is 0 Å². The number of aliphatic imine (C=N–C) groups is 2. The van der Waals surface area contributed by atoms with E-state index in [0.29, 0.717) is 0 Å². The third-order valence-electron chi connectivity index (χ3n) is 5.07. The van der Waals surface area contributed by atoms with Gasteiger partial charge in [0.1, 0.15) is 0 Å². The summed E-state index contributed by atoms with van der Waals surface area (Å²) in [6.45, 7) is 6.20. The highest BCUT2D eigenvalue weighted by atomic mass is 14.9. The summed E-state index contributed by atoms with van der Waals surface area (Å²) in [4.78, 5) is 9.31. The van der Waals surface area contributed by atoms with Crippen LogP contribution in [0.1, 0.15) is 31.9 Å². The molecule has 0 spiro atoms. The van der Waals surface area contributed by atoms with Gasteiger partial charge in [-0.3, -0.25) is 4.99 Å². The van der Waals surface area contributed by atoms with Crippen LogP contribution in [0.4, 0.5) is 0 Å². The molecule has 0 saturated carbocycles. The second kappa shape index (κ2) is 10.3. The van der Waals surface area contributed by atoms with E-state index in [1.165, 1.54) is 16.7 Å². The molecule has 0 saturated heterocycles. The fraction of sp³-hybridized carbons (Fsp3) is 0.143. The summed E-state index contributed by atoms with van der Waals surface area (Å²) in [5, 5.41) is 0. The van der Waals surface area contributed by atoms with Crippen LogP contribution in [0, 0.1) is 0 Å². The highest BCUT2D eigenvalue weighted by Crippen LogP contribution is 2.21. The zero-order valence-electron chi connectivity index (χ0n) is 18.1. The van der Waals surface area contributed by atoms with Crippen molar-refractivity contribution in [3.8, 4) is 11.1 Å². The Morgan fingerprint density at radius 2 is 1.33 bits per heavy atom. The summed E-state index contributed by atoms with van der Waals surface area (Å²) in [6.07, 6.45) is 4.31. The molecule has 2 heteroatoms. The van der Waals surface area contributed by atoms with Crippen LogP contribution in [-0.2, 0) is 0 Å². The quantitative estimate of drug-likeness (QED) is 0.248. The maximum absolute atomic E-state index is 4.85. The molecule has 0 N–H and O–H groups in total. The maximum atomic E-state index is 4.85. The highest BCUT2D eigenvalue weighted by Gasteiger charge is 2.06. The van der Waals surface area contributed by atoms with Gasteiger partial charge in [-0.1, -0.05) is 84.9 Å². The van der Waals surface area contributed by atoms with Crippen LogP contribution in [0.5, 0.6) is 0 Å². The molecular formula is C28H28N2. The molecule has 30 heavy (non-hydrogen) atoms. The van der Waals surface area contributed by atoms with Crippen molar-refractivity contribution in [2.24, 2.45) is 9.98 Å². The Balaban J connectivity index is 1.89. The van der Waals surface area contributed by atoms with Gasteiger partial charge in [0.2, 0.25) is 0 Å². The summed E-state index contributed by atoms with van der Waals surface area (Å²) >= 11 is 0. The molecule has 0 radical (unpaired) electrons. The first-order chi connectivity index (χ1) is 14.6. The first-order valence-corrected chi connectivity index (χ1v) is 10.2. The summed E-state index contributed by atoms with van der Waals surface area (Å²) in [7, 11) is 1.79. The molecule has 0 unspecified atom stereocenters. The third kappa shape index (κ3) is 5.30. The molecule has 3 aromatic carbocycles. The second-order valence-corrected chi connectivity index (χ2v) is 7.13. The van der Waals surface area contributed by atoms with E-state index in [2.05, 4.69) is 104 Å². The Morgan fingerprint density at radius 3 is 1.97 bits per heavy atom. The minimum atomic E-state index is 0.736. The molecule has 2 nitrogen and oxygen atoms in total. The van der Waals surface area contributed by atoms with Gasteiger partial charge in [-0.15, -0.1) is 0 Å². The van der Waals surface area contributed by atoms with Crippen LogP contribution in [0.3, 0.4) is 0 Å². The summed E-state index contributed by atoms with van der Waals surface area (Å²) in [5.74, 6) is 0.736.